The summed E-state index contributed by atoms with van der Waals surface area (Å²) in [5, 5.41) is 12.6. The van der Waals surface area contributed by atoms with Gasteiger partial charge in [-0.25, -0.2) is 9.38 Å². The molecule has 0 fully saturated rings. The number of hydrogen-bond donors (Lipinski definition) is 2. The molecule has 7 nitrogen and oxygen atoms in total. The SMILES string of the molecule is Cc1ccc(CNC(=O)c2nc3n(C)ccn3c(=O)c2O)cc1. The molecule has 0 aliphatic heterocycles. The van der Waals surface area contributed by atoms with Crippen molar-refractivity contribution in [3.63, 3.8) is 0 Å². The number of aromatic hydroxyl groups is 1. The zero-order valence-corrected chi connectivity index (χ0v) is 12.8. The van der Waals surface area contributed by atoms with Crippen molar-refractivity contribution in [3.8, 4) is 5.75 Å². The summed E-state index contributed by atoms with van der Waals surface area (Å²) in [6, 6.07) is 7.69. The van der Waals surface area contributed by atoms with Gasteiger partial charge in [0.1, 0.15) is 0 Å². The van der Waals surface area contributed by atoms with Crippen LogP contribution in [0.25, 0.3) is 5.78 Å². The number of aromatic nitrogens is 3. The zero-order valence-electron chi connectivity index (χ0n) is 12.8. The van der Waals surface area contributed by atoms with Gasteiger partial charge in [-0.2, -0.15) is 0 Å². The van der Waals surface area contributed by atoms with Crippen molar-refractivity contribution in [1.29, 1.82) is 0 Å². The number of aryl methyl sites for hydroxylation is 2. The number of hydrogen-bond acceptors (Lipinski definition) is 4. The highest BCUT2D eigenvalue weighted by atomic mass is 16.3. The Kier molecular flexibility index (Phi) is 3.61. The summed E-state index contributed by atoms with van der Waals surface area (Å²) in [7, 11) is 1.70. The maximum absolute atomic E-state index is 12.2. The first-order chi connectivity index (χ1) is 11.0. The Labute approximate surface area is 131 Å². The van der Waals surface area contributed by atoms with Gasteiger partial charge in [-0.3, -0.25) is 9.59 Å². The van der Waals surface area contributed by atoms with E-state index in [9.17, 15) is 14.7 Å². The summed E-state index contributed by atoms with van der Waals surface area (Å²) < 4.78 is 2.78. The van der Waals surface area contributed by atoms with E-state index in [1.165, 1.54) is 10.6 Å². The average molecular weight is 312 g/mol. The average Bonchev–Trinajstić information content (AvgIpc) is 2.91. The van der Waals surface area contributed by atoms with Gasteiger partial charge < -0.3 is 15.0 Å². The number of fused-ring (bicyclic) bond motifs is 1. The van der Waals surface area contributed by atoms with Crippen LogP contribution in [0.2, 0.25) is 0 Å². The number of nitrogens with zero attached hydrogens (tertiary/aromatic N) is 3. The summed E-state index contributed by atoms with van der Waals surface area (Å²) in [4.78, 5) is 28.4. The van der Waals surface area contributed by atoms with E-state index in [1.54, 1.807) is 17.8 Å². The minimum absolute atomic E-state index is 0.274. The fourth-order valence-corrected chi connectivity index (χ4v) is 2.26. The van der Waals surface area contributed by atoms with E-state index in [1.807, 2.05) is 31.2 Å². The lowest BCUT2D eigenvalue weighted by molar-refractivity contribution is 0.0942. The largest absolute Gasteiger partial charge is 0.501 e. The lowest BCUT2D eigenvalue weighted by atomic mass is 10.1. The number of rotatable bonds is 3. The van der Waals surface area contributed by atoms with E-state index in [4.69, 9.17) is 0 Å². The summed E-state index contributed by atoms with van der Waals surface area (Å²) in [6.45, 7) is 2.26. The summed E-state index contributed by atoms with van der Waals surface area (Å²) >= 11 is 0. The molecule has 0 aliphatic carbocycles. The van der Waals surface area contributed by atoms with Crippen molar-refractivity contribution in [3.05, 3.63) is 63.8 Å². The normalized spacial score (nSPS) is 10.9. The molecule has 0 radical (unpaired) electrons. The summed E-state index contributed by atoms with van der Waals surface area (Å²) in [6.07, 6.45) is 3.11. The first-order valence-electron chi connectivity index (χ1n) is 7.08. The Bertz CT molecular complexity index is 938. The van der Waals surface area contributed by atoms with Crippen LogP contribution >= 0.6 is 0 Å². The maximum atomic E-state index is 12.2. The van der Waals surface area contributed by atoms with Crippen LogP contribution in [0, 0.1) is 6.92 Å². The molecule has 0 bridgehead atoms. The van der Waals surface area contributed by atoms with Crippen LogP contribution in [0.4, 0.5) is 0 Å². The van der Waals surface area contributed by atoms with Gasteiger partial charge in [0.2, 0.25) is 11.5 Å². The van der Waals surface area contributed by atoms with Crippen molar-refractivity contribution in [2.75, 3.05) is 0 Å². The van der Waals surface area contributed by atoms with E-state index >= 15 is 0 Å². The van der Waals surface area contributed by atoms with Crippen molar-refractivity contribution >= 4 is 11.7 Å². The molecule has 1 amide bonds. The van der Waals surface area contributed by atoms with Gasteiger partial charge in [0, 0.05) is 26.0 Å². The van der Waals surface area contributed by atoms with Crippen LogP contribution in [-0.2, 0) is 13.6 Å². The Morgan fingerprint density at radius 2 is 1.96 bits per heavy atom. The second-order valence-electron chi connectivity index (χ2n) is 5.36. The molecule has 2 aromatic heterocycles. The third-order valence-corrected chi connectivity index (χ3v) is 3.62. The van der Waals surface area contributed by atoms with E-state index in [-0.39, 0.29) is 18.0 Å². The number of carbonyl (C=O) groups is 1. The standard InChI is InChI=1S/C16H16N4O3/c1-10-3-5-11(6-4-10)9-17-14(22)12-13(21)15(23)20-8-7-19(2)16(20)18-12/h3-8,21H,9H2,1-2H3,(H,17,22). The molecule has 7 heteroatoms. The van der Waals surface area contributed by atoms with E-state index in [0.717, 1.165) is 11.1 Å². The highest BCUT2D eigenvalue weighted by molar-refractivity contribution is 5.95. The molecule has 2 heterocycles. The number of imidazole rings is 1. The lowest BCUT2D eigenvalue weighted by Gasteiger charge is -2.07. The van der Waals surface area contributed by atoms with E-state index in [0.29, 0.717) is 0 Å². The topological polar surface area (TPSA) is 88.6 Å². The fraction of sp³-hybridized carbons (Fsp3) is 0.188. The van der Waals surface area contributed by atoms with Crippen molar-refractivity contribution in [1.82, 2.24) is 19.3 Å². The third kappa shape index (κ3) is 2.68. The predicted molar refractivity (Wildman–Crippen MR) is 84.4 cm³/mol. The molecule has 2 N–H and O–H groups in total. The Morgan fingerprint density at radius 3 is 2.65 bits per heavy atom. The van der Waals surface area contributed by atoms with E-state index < -0.39 is 17.2 Å². The van der Waals surface area contributed by atoms with Crippen molar-refractivity contribution in [2.45, 2.75) is 13.5 Å². The number of amides is 1. The molecular formula is C16H16N4O3. The minimum Gasteiger partial charge on any atom is -0.501 e. The van der Waals surface area contributed by atoms with E-state index in [2.05, 4.69) is 10.3 Å². The fourth-order valence-electron chi connectivity index (χ4n) is 2.26. The van der Waals surface area contributed by atoms with Gasteiger partial charge in [-0.1, -0.05) is 29.8 Å². The second-order valence-corrected chi connectivity index (χ2v) is 5.36. The van der Waals surface area contributed by atoms with Crippen LogP contribution in [-0.4, -0.2) is 25.0 Å². The van der Waals surface area contributed by atoms with Crippen LogP contribution in [0.1, 0.15) is 21.6 Å². The zero-order chi connectivity index (χ0) is 16.6. The third-order valence-electron chi connectivity index (χ3n) is 3.62. The highest BCUT2D eigenvalue weighted by Crippen LogP contribution is 2.11. The van der Waals surface area contributed by atoms with Crippen LogP contribution < -0.4 is 10.9 Å². The highest BCUT2D eigenvalue weighted by Gasteiger charge is 2.19. The molecule has 0 saturated heterocycles. The Morgan fingerprint density at radius 1 is 1.26 bits per heavy atom. The van der Waals surface area contributed by atoms with Gasteiger partial charge in [-0.05, 0) is 12.5 Å². The second kappa shape index (κ2) is 5.60. The monoisotopic (exact) mass is 312 g/mol. The van der Waals surface area contributed by atoms with Gasteiger partial charge in [0.25, 0.3) is 5.91 Å². The molecule has 3 aromatic rings. The van der Waals surface area contributed by atoms with Crippen LogP contribution in [0.3, 0.4) is 0 Å². The Hall–Kier alpha value is -3.09. The number of benzene rings is 1. The summed E-state index contributed by atoms with van der Waals surface area (Å²) in [5.74, 6) is -0.965. The molecule has 0 saturated carbocycles. The molecule has 23 heavy (non-hydrogen) atoms. The number of carbonyl (C=O) groups excluding carboxylic acids is 1. The first kappa shape index (κ1) is 14.8. The van der Waals surface area contributed by atoms with Gasteiger partial charge in [0.05, 0.1) is 0 Å². The van der Waals surface area contributed by atoms with Crippen molar-refractivity contribution < 1.29 is 9.90 Å². The molecular weight excluding hydrogens is 296 g/mol. The molecule has 0 atom stereocenters. The molecule has 3 rings (SSSR count). The predicted octanol–water partition coefficient (Wildman–Crippen LogP) is 0.977. The molecule has 118 valence electrons. The van der Waals surface area contributed by atoms with Crippen molar-refractivity contribution in [2.24, 2.45) is 7.05 Å². The molecule has 0 spiro atoms. The molecule has 0 aliphatic rings. The van der Waals surface area contributed by atoms with Gasteiger partial charge >= 0.3 is 5.56 Å². The van der Waals surface area contributed by atoms with Crippen LogP contribution in [0.15, 0.2) is 41.5 Å². The Balaban J connectivity index is 1.88. The summed E-state index contributed by atoms with van der Waals surface area (Å²) in [5.41, 5.74) is 1.10. The van der Waals surface area contributed by atoms with Gasteiger partial charge in [-0.15, -0.1) is 0 Å². The molecule has 1 aromatic carbocycles. The number of nitrogens with one attached hydrogen (secondary N) is 1. The molecule has 0 unspecified atom stereocenters. The van der Waals surface area contributed by atoms with Crippen LogP contribution in [0.5, 0.6) is 5.75 Å². The minimum atomic E-state index is -0.670. The lowest BCUT2D eigenvalue weighted by Crippen LogP contribution is -2.27. The quantitative estimate of drug-likeness (QED) is 0.754. The van der Waals surface area contributed by atoms with Gasteiger partial charge in [0.15, 0.2) is 5.69 Å². The smallest absolute Gasteiger partial charge is 0.302 e. The first-order valence-corrected chi connectivity index (χ1v) is 7.08. The maximum Gasteiger partial charge on any atom is 0.302 e.